The van der Waals surface area contributed by atoms with Crippen molar-refractivity contribution in [3.05, 3.63) is 11.7 Å². The van der Waals surface area contributed by atoms with Gasteiger partial charge in [0.1, 0.15) is 0 Å². The Hall–Kier alpha value is -0.550. The van der Waals surface area contributed by atoms with E-state index in [0.29, 0.717) is 23.3 Å². The molecule has 5 heteroatoms. The zero-order chi connectivity index (χ0) is 11.8. The first-order valence-corrected chi connectivity index (χ1v) is 7.47. The Kier molecular flexibility index (Phi) is 3.13. The van der Waals surface area contributed by atoms with Gasteiger partial charge in [-0.1, -0.05) is 19.0 Å². The fourth-order valence-electron chi connectivity index (χ4n) is 2.82. The van der Waals surface area contributed by atoms with E-state index in [9.17, 15) is 0 Å². The molecule has 1 aromatic rings. The molecule has 0 amide bonds. The molecule has 3 atom stereocenters. The van der Waals surface area contributed by atoms with Crippen molar-refractivity contribution >= 4 is 11.8 Å². The number of aromatic nitrogens is 2. The van der Waals surface area contributed by atoms with E-state index in [1.165, 1.54) is 19.3 Å². The summed E-state index contributed by atoms with van der Waals surface area (Å²) >= 11 is 1.85. The van der Waals surface area contributed by atoms with Crippen molar-refractivity contribution in [1.29, 1.82) is 0 Å². The van der Waals surface area contributed by atoms with Crippen molar-refractivity contribution in [2.75, 3.05) is 0 Å². The highest BCUT2D eigenvalue weighted by molar-refractivity contribution is 7.99. The van der Waals surface area contributed by atoms with Crippen molar-refractivity contribution < 1.29 is 4.52 Å². The number of nitrogens with one attached hydrogen (secondary N) is 1. The van der Waals surface area contributed by atoms with Gasteiger partial charge in [-0.2, -0.15) is 16.7 Å². The van der Waals surface area contributed by atoms with Gasteiger partial charge in [-0.05, 0) is 24.5 Å². The van der Waals surface area contributed by atoms with E-state index in [1.54, 1.807) is 0 Å². The molecular formula is C12H19N3OS. The predicted molar refractivity (Wildman–Crippen MR) is 68.0 cm³/mol. The second-order valence-electron chi connectivity index (χ2n) is 5.30. The Morgan fingerprint density at radius 1 is 1.47 bits per heavy atom. The first kappa shape index (κ1) is 11.5. The summed E-state index contributed by atoms with van der Waals surface area (Å²) in [5.41, 5.74) is 0. The quantitative estimate of drug-likeness (QED) is 0.892. The van der Waals surface area contributed by atoms with Crippen LogP contribution in [-0.2, 0) is 5.75 Å². The van der Waals surface area contributed by atoms with Gasteiger partial charge in [-0.15, -0.1) is 0 Å². The Labute approximate surface area is 106 Å². The van der Waals surface area contributed by atoms with Crippen molar-refractivity contribution in [1.82, 2.24) is 15.5 Å². The number of hydrogen-bond donors (Lipinski definition) is 1. The second kappa shape index (κ2) is 4.61. The van der Waals surface area contributed by atoms with Crippen molar-refractivity contribution in [2.24, 2.45) is 0 Å². The van der Waals surface area contributed by atoms with Crippen LogP contribution in [0, 0.1) is 0 Å². The van der Waals surface area contributed by atoms with E-state index in [1.807, 2.05) is 11.8 Å². The van der Waals surface area contributed by atoms with Crippen LogP contribution in [-0.4, -0.2) is 27.5 Å². The maximum absolute atomic E-state index is 5.42. The molecule has 2 aliphatic heterocycles. The topological polar surface area (TPSA) is 51.0 Å². The van der Waals surface area contributed by atoms with E-state index < -0.39 is 0 Å². The number of nitrogens with zero attached hydrogens (tertiary/aromatic N) is 2. The van der Waals surface area contributed by atoms with Crippen molar-refractivity contribution in [3.8, 4) is 0 Å². The fourth-order valence-corrected chi connectivity index (χ4v) is 3.41. The molecule has 2 aliphatic rings. The maximum atomic E-state index is 5.42. The molecule has 2 fully saturated rings. The number of hydrogen-bond acceptors (Lipinski definition) is 5. The fraction of sp³-hybridized carbons (Fsp3) is 0.833. The van der Waals surface area contributed by atoms with Gasteiger partial charge in [0, 0.05) is 12.1 Å². The summed E-state index contributed by atoms with van der Waals surface area (Å²) in [7, 11) is 0. The van der Waals surface area contributed by atoms with Crippen LogP contribution in [0.3, 0.4) is 0 Å². The molecule has 1 N–H and O–H groups in total. The lowest BCUT2D eigenvalue weighted by atomic mass is 9.89. The summed E-state index contributed by atoms with van der Waals surface area (Å²) in [6, 6.07) is 1.26. The second-order valence-corrected chi connectivity index (χ2v) is 6.86. The van der Waals surface area contributed by atoms with Crippen LogP contribution >= 0.6 is 11.8 Å². The zero-order valence-corrected chi connectivity index (χ0v) is 11.2. The van der Waals surface area contributed by atoms with Gasteiger partial charge in [-0.3, -0.25) is 0 Å². The van der Waals surface area contributed by atoms with Crippen LogP contribution in [0.5, 0.6) is 0 Å². The maximum Gasteiger partial charge on any atom is 0.231 e. The number of rotatable bonds is 4. The Balaban J connectivity index is 1.64. The first-order chi connectivity index (χ1) is 8.22. The smallest absolute Gasteiger partial charge is 0.231 e. The SMILES string of the molecule is CC(C)SCc1noc(C2CC3CCC2N3)n1. The van der Waals surface area contributed by atoms with Crippen LogP contribution in [0.15, 0.2) is 4.52 Å². The average molecular weight is 253 g/mol. The van der Waals surface area contributed by atoms with E-state index in [2.05, 4.69) is 29.3 Å². The minimum atomic E-state index is 0.457. The molecule has 2 bridgehead atoms. The molecule has 0 aliphatic carbocycles. The summed E-state index contributed by atoms with van der Waals surface area (Å²) in [5, 5.41) is 8.30. The molecule has 3 rings (SSSR count). The zero-order valence-electron chi connectivity index (χ0n) is 10.3. The third kappa shape index (κ3) is 2.36. The van der Waals surface area contributed by atoms with Gasteiger partial charge >= 0.3 is 0 Å². The lowest BCUT2D eigenvalue weighted by Crippen LogP contribution is -2.21. The lowest BCUT2D eigenvalue weighted by molar-refractivity contribution is 0.327. The molecule has 0 spiro atoms. The predicted octanol–water partition coefficient (Wildman–Crippen LogP) is 2.32. The van der Waals surface area contributed by atoms with Gasteiger partial charge in [0.2, 0.25) is 5.89 Å². The van der Waals surface area contributed by atoms with Crippen molar-refractivity contribution in [2.45, 2.75) is 62.1 Å². The molecule has 0 saturated carbocycles. The lowest BCUT2D eigenvalue weighted by Gasteiger charge is -2.15. The van der Waals surface area contributed by atoms with Crippen LogP contribution in [0.1, 0.15) is 50.7 Å². The molecule has 0 aromatic carbocycles. The van der Waals surface area contributed by atoms with E-state index in [0.717, 1.165) is 17.5 Å². The van der Waals surface area contributed by atoms with Gasteiger partial charge in [0.15, 0.2) is 5.82 Å². The first-order valence-electron chi connectivity index (χ1n) is 6.42. The van der Waals surface area contributed by atoms with Gasteiger partial charge in [0.05, 0.1) is 11.7 Å². The highest BCUT2D eigenvalue weighted by Crippen LogP contribution is 2.39. The van der Waals surface area contributed by atoms with E-state index in [-0.39, 0.29) is 0 Å². The molecule has 1 aromatic heterocycles. The molecule has 17 heavy (non-hydrogen) atoms. The van der Waals surface area contributed by atoms with Gasteiger partial charge < -0.3 is 9.84 Å². The molecule has 3 unspecified atom stereocenters. The highest BCUT2D eigenvalue weighted by Gasteiger charge is 2.42. The molecule has 4 nitrogen and oxygen atoms in total. The van der Waals surface area contributed by atoms with Crippen LogP contribution in [0.4, 0.5) is 0 Å². The highest BCUT2D eigenvalue weighted by atomic mass is 32.2. The van der Waals surface area contributed by atoms with E-state index in [4.69, 9.17) is 4.52 Å². The van der Waals surface area contributed by atoms with Crippen LogP contribution in [0.25, 0.3) is 0 Å². The van der Waals surface area contributed by atoms with Crippen molar-refractivity contribution in [3.63, 3.8) is 0 Å². The third-order valence-electron chi connectivity index (χ3n) is 3.65. The summed E-state index contributed by atoms with van der Waals surface area (Å²) in [4.78, 5) is 4.54. The van der Waals surface area contributed by atoms with Gasteiger partial charge in [0.25, 0.3) is 0 Å². The standard InChI is InChI=1S/C12H19N3OS/c1-7(2)17-6-11-14-12(16-15-11)9-5-8-3-4-10(9)13-8/h7-10,13H,3-6H2,1-2H3. The molecule has 0 radical (unpaired) electrons. The number of fused-ring (bicyclic) bond motifs is 2. The average Bonchev–Trinajstić information content (AvgIpc) is 3.01. The monoisotopic (exact) mass is 253 g/mol. The summed E-state index contributed by atoms with van der Waals surface area (Å²) in [6.07, 6.45) is 3.74. The molecular weight excluding hydrogens is 234 g/mol. The normalized spacial score (nSPS) is 31.6. The Bertz CT molecular complexity index is 393. The minimum Gasteiger partial charge on any atom is -0.339 e. The van der Waals surface area contributed by atoms with E-state index >= 15 is 0 Å². The summed E-state index contributed by atoms with van der Waals surface area (Å²) in [6.45, 7) is 4.37. The van der Waals surface area contributed by atoms with Crippen LogP contribution < -0.4 is 5.32 Å². The summed E-state index contributed by atoms with van der Waals surface area (Å²) in [5.74, 6) is 3.01. The third-order valence-corrected chi connectivity index (χ3v) is 4.74. The Morgan fingerprint density at radius 2 is 2.35 bits per heavy atom. The minimum absolute atomic E-state index is 0.457. The van der Waals surface area contributed by atoms with Gasteiger partial charge in [-0.25, -0.2) is 0 Å². The Morgan fingerprint density at radius 3 is 3.00 bits per heavy atom. The molecule has 3 heterocycles. The van der Waals surface area contributed by atoms with Crippen LogP contribution in [0.2, 0.25) is 0 Å². The largest absolute Gasteiger partial charge is 0.339 e. The molecule has 94 valence electrons. The summed E-state index contributed by atoms with van der Waals surface area (Å²) < 4.78 is 5.42. The number of thioether (sulfide) groups is 1. The molecule has 2 saturated heterocycles.